The van der Waals surface area contributed by atoms with Crippen molar-refractivity contribution in [2.75, 3.05) is 6.54 Å². The van der Waals surface area contributed by atoms with Gasteiger partial charge in [0.2, 0.25) is 0 Å². The number of benzene rings is 2. The summed E-state index contributed by atoms with van der Waals surface area (Å²) in [5.41, 5.74) is 4.06. The molecule has 0 saturated heterocycles. The fraction of sp³-hybridized carbons (Fsp3) is 0.346. The Morgan fingerprint density at radius 2 is 1.85 bits per heavy atom. The quantitative estimate of drug-likeness (QED) is 0.191. The average molecular weight is 575 g/mol. The van der Waals surface area contributed by atoms with E-state index < -0.39 is 0 Å². The molecule has 1 amide bonds. The first kappa shape index (κ1) is 27.4. The van der Waals surface area contributed by atoms with Crippen LogP contribution in [0.25, 0.3) is 0 Å². The third-order valence-electron chi connectivity index (χ3n) is 5.40. The van der Waals surface area contributed by atoms with Crippen molar-refractivity contribution in [1.29, 1.82) is 0 Å². The molecule has 182 valence electrons. The molecule has 0 aliphatic carbocycles. The van der Waals surface area contributed by atoms with Gasteiger partial charge in [0, 0.05) is 37.1 Å². The van der Waals surface area contributed by atoms with Crippen LogP contribution in [0.3, 0.4) is 0 Å². The minimum atomic E-state index is -0.0472. The number of nitrogens with zero attached hydrogens (tertiary/aromatic N) is 3. The molecule has 0 spiro atoms. The number of hydrogen-bond acceptors (Lipinski definition) is 3. The van der Waals surface area contributed by atoms with Gasteiger partial charge in [0.25, 0.3) is 5.91 Å². The van der Waals surface area contributed by atoms with Crippen molar-refractivity contribution in [3.8, 4) is 0 Å². The zero-order chi connectivity index (χ0) is 23.5. The number of hydrogen-bond donors (Lipinski definition) is 3. The summed E-state index contributed by atoms with van der Waals surface area (Å²) in [6.45, 7) is 8.73. The van der Waals surface area contributed by atoms with E-state index in [1.807, 2.05) is 67.2 Å². The molecule has 0 aliphatic heterocycles. The van der Waals surface area contributed by atoms with Crippen LogP contribution < -0.4 is 16.0 Å². The van der Waals surface area contributed by atoms with Gasteiger partial charge in [-0.15, -0.1) is 24.0 Å². The molecular weight excluding hydrogens is 539 g/mol. The number of rotatable bonds is 10. The number of carbonyl (C=O) groups excluding carboxylic acids is 1. The summed E-state index contributed by atoms with van der Waals surface area (Å²) in [5.74, 6) is 0.690. The van der Waals surface area contributed by atoms with Gasteiger partial charge in [-0.2, -0.15) is 5.10 Å². The van der Waals surface area contributed by atoms with E-state index in [4.69, 9.17) is 4.99 Å². The molecule has 1 unspecified atom stereocenters. The molecule has 0 saturated carbocycles. The van der Waals surface area contributed by atoms with Crippen LogP contribution in [0, 0.1) is 0 Å². The average Bonchev–Trinajstić information content (AvgIpc) is 3.35. The van der Waals surface area contributed by atoms with Gasteiger partial charge in [0.05, 0.1) is 13.1 Å². The van der Waals surface area contributed by atoms with Gasteiger partial charge in [-0.25, -0.2) is 4.99 Å². The zero-order valence-corrected chi connectivity index (χ0v) is 22.5. The van der Waals surface area contributed by atoms with Gasteiger partial charge in [-0.1, -0.05) is 43.3 Å². The second-order valence-electron chi connectivity index (χ2n) is 8.00. The number of aliphatic imine (C=N–C) groups is 1. The van der Waals surface area contributed by atoms with E-state index >= 15 is 0 Å². The van der Waals surface area contributed by atoms with E-state index in [0.29, 0.717) is 18.7 Å². The Kier molecular flexibility index (Phi) is 11.6. The van der Waals surface area contributed by atoms with Gasteiger partial charge in [0.15, 0.2) is 5.96 Å². The van der Waals surface area contributed by atoms with Gasteiger partial charge < -0.3 is 16.0 Å². The Bertz CT molecular complexity index is 1050. The Labute approximate surface area is 219 Å². The number of aromatic nitrogens is 2. The van der Waals surface area contributed by atoms with E-state index in [-0.39, 0.29) is 35.9 Å². The van der Waals surface area contributed by atoms with Crippen LogP contribution >= 0.6 is 24.0 Å². The highest BCUT2D eigenvalue weighted by Crippen LogP contribution is 2.11. The van der Waals surface area contributed by atoms with E-state index in [9.17, 15) is 4.79 Å². The van der Waals surface area contributed by atoms with Crippen LogP contribution in [0.1, 0.15) is 54.2 Å². The number of carbonyl (C=O) groups is 1. The SMILES string of the molecule is CCNC(=NCc1cccc(C(=O)NC(C)CC)c1)NCc1ccccc1Cn1cccn1.I. The predicted octanol–water partition coefficient (Wildman–Crippen LogP) is 4.33. The third-order valence-corrected chi connectivity index (χ3v) is 5.40. The van der Waals surface area contributed by atoms with E-state index in [0.717, 1.165) is 31.0 Å². The third kappa shape index (κ3) is 8.48. The first-order valence-electron chi connectivity index (χ1n) is 11.5. The molecule has 0 radical (unpaired) electrons. The molecule has 3 rings (SSSR count). The zero-order valence-electron chi connectivity index (χ0n) is 20.1. The molecule has 1 aromatic heterocycles. The van der Waals surface area contributed by atoms with E-state index in [1.165, 1.54) is 11.1 Å². The summed E-state index contributed by atoms with van der Waals surface area (Å²) >= 11 is 0. The Hall–Kier alpha value is -2.88. The lowest BCUT2D eigenvalue weighted by Gasteiger charge is -2.14. The minimum absolute atomic E-state index is 0. The monoisotopic (exact) mass is 574 g/mol. The van der Waals surface area contributed by atoms with Crippen LogP contribution in [-0.2, 0) is 19.6 Å². The first-order chi connectivity index (χ1) is 16.1. The molecule has 1 atom stereocenters. The maximum Gasteiger partial charge on any atom is 0.251 e. The summed E-state index contributed by atoms with van der Waals surface area (Å²) < 4.78 is 1.92. The molecule has 0 fully saturated rings. The Morgan fingerprint density at radius 1 is 1.06 bits per heavy atom. The maximum absolute atomic E-state index is 12.4. The fourth-order valence-electron chi connectivity index (χ4n) is 3.36. The van der Waals surface area contributed by atoms with Gasteiger partial charge in [-0.3, -0.25) is 9.48 Å². The van der Waals surface area contributed by atoms with Crippen LogP contribution in [0.15, 0.2) is 72.0 Å². The second-order valence-corrected chi connectivity index (χ2v) is 8.00. The van der Waals surface area contributed by atoms with Crippen LogP contribution in [0.5, 0.6) is 0 Å². The Morgan fingerprint density at radius 3 is 2.56 bits per heavy atom. The van der Waals surface area contributed by atoms with Crippen molar-refractivity contribution < 1.29 is 4.79 Å². The molecule has 0 bridgehead atoms. The topological polar surface area (TPSA) is 83.3 Å². The van der Waals surface area contributed by atoms with Gasteiger partial charge >= 0.3 is 0 Å². The highest BCUT2D eigenvalue weighted by molar-refractivity contribution is 14.0. The summed E-state index contributed by atoms with van der Waals surface area (Å²) in [7, 11) is 0. The number of halogens is 1. The first-order valence-corrected chi connectivity index (χ1v) is 11.5. The molecule has 34 heavy (non-hydrogen) atoms. The second kappa shape index (κ2) is 14.4. The number of amides is 1. The molecule has 0 aliphatic rings. The van der Waals surface area contributed by atoms with Crippen molar-refractivity contribution >= 4 is 35.8 Å². The fourth-order valence-corrected chi connectivity index (χ4v) is 3.36. The number of nitrogens with one attached hydrogen (secondary N) is 3. The van der Waals surface area contributed by atoms with Gasteiger partial charge in [-0.05, 0) is 55.2 Å². The summed E-state index contributed by atoms with van der Waals surface area (Å²) in [6.07, 6.45) is 4.66. The number of guanidine groups is 1. The van der Waals surface area contributed by atoms with Crippen molar-refractivity contribution in [3.05, 3.63) is 89.2 Å². The lowest BCUT2D eigenvalue weighted by atomic mass is 10.1. The molecule has 3 aromatic rings. The molecule has 3 N–H and O–H groups in total. The lowest BCUT2D eigenvalue weighted by Crippen LogP contribution is -2.37. The highest BCUT2D eigenvalue weighted by Gasteiger charge is 2.09. The lowest BCUT2D eigenvalue weighted by molar-refractivity contribution is 0.0939. The Balaban J connectivity index is 0.00000408. The maximum atomic E-state index is 12.4. The smallest absolute Gasteiger partial charge is 0.251 e. The van der Waals surface area contributed by atoms with Crippen LogP contribution in [0.2, 0.25) is 0 Å². The van der Waals surface area contributed by atoms with Crippen LogP contribution in [0.4, 0.5) is 0 Å². The van der Waals surface area contributed by atoms with Crippen LogP contribution in [-0.4, -0.2) is 34.2 Å². The molecule has 2 aromatic carbocycles. The molecule has 8 heteroatoms. The van der Waals surface area contributed by atoms with Crippen molar-refractivity contribution in [3.63, 3.8) is 0 Å². The van der Waals surface area contributed by atoms with Gasteiger partial charge in [0.1, 0.15) is 0 Å². The van der Waals surface area contributed by atoms with E-state index in [1.54, 1.807) is 6.20 Å². The molecular formula is C26H35IN6O. The largest absolute Gasteiger partial charge is 0.357 e. The standard InChI is InChI=1S/C26H34N6O.HI/c1-4-20(3)31-25(33)22-13-8-10-21(16-22)17-28-26(27-5-2)29-18-23-11-6-7-12-24(23)19-32-15-9-14-30-32;/h6-16,20H,4-5,17-19H2,1-3H3,(H,31,33)(H2,27,28,29);1H. The van der Waals surface area contributed by atoms with Crippen molar-refractivity contribution in [2.24, 2.45) is 4.99 Å². The summed E-state index contributed by atoms with van der Waals surface area (Å²) in [6, 6.07) is 18.1. The summed E-state index contributed by atoms with van der Waals surface area (Å²) in [5, 5.41) is 14.1. The molecule has 7 nitrogen and oxygen atoms in total. The highest BCUT2D eigenvalue weighted by atomic mass is 127. The molecule has 1 heterocycles. The normalized spacial score (nSPS) is 11.9. The minimum Gasteiger partial charge on any atom is -0.357 e. The predicted molar refractivity (Wildman–Crippen MR) is 149 cm³/mol. The van der Waals surface area contributed by atoms with Crippen molar-refractivity contribution in [1.82, 2.24) is 25.7 Å². The van der Waals surface area contributed by atoms with Crippen molar-refractivity contribution in [2.45, 2.75) is 52.9 Å². The summed E-state index contributed by atoms with van der Waals surface area (Å²) in [4.78, 5) is 17.2. The van der Waals surface area contributed by atoms with E-state index in [2.05, 4.69) is 40.1 Å².